The molecular weight excluding hydrogens is 385 g/mol. The fourth-order valence-corrected chi connectivity index (χ4v) is 3.41. The van der Waals surface area contributed by atoms with E-state index < -0.39 is 0 Å². The van der Waals surface area contributed by atoms with Gasteiger partial charge in [0.2, 0.25) is 5.91 Å². The van der Waals surface area contributed by atoms with Crippen molar-refractivity contribution in [3.05, 3.63) is 59.9 Å². The quantitative estimate of drug-likeness (QED) is 0.675. The van der Waals surface area contributed by atoms with Gasteiger partial charge in [0.25, 0.3) is 0 Å². The molecular formula is C23H28FN3O3. The molecule has 3 rings (SSSR count). The van der Waals surface area contributed by atoms with Gasteiger partial charge in [0.1, 0.15) is 17.3 Å². The molecule has 2 aromatic rings. The third kappa shape index (κ3) is 5.97. The Kier molecular flexibility index (Phi) is 7.68. The van der Waals surface area contributed by atoms with Gasteiger partial charge in [-0.15, -0.1) is 0 Å². The lowest BCUT2D eigenvalue weighted by molar-refractivity contribution is -0.116. The Labute approximate surface area is 176 Å². The molecule has 0 bridgehead atoms. The number of nitrogens with one attached hydrogen (secondary N) is 1. The molecule has 160 valence electrons. The van der Waals surface area contributed by atoms with Crippen LogP contribution in [0.4, 0.5) is 10.1 Å². The van der Waals surface area contributed by atoms with Crippen molar-refractivity contribution in [2.45, 2.75) is 0 Å². The summed E-state index contributed by atoms with van der Waals surface area (Å²) in [4.78, 5) is 16.7. The molecule has 0 aromatic heterocycles. The average Bonchev–Trinajstić information content (AvgIpc) is 2.78. The summed E-state index contributed by atoms with van der Waals surface area (Å²) in [6, 6.07) is 12.1. The van der Waals surface area contributed by atoms with E-state index in [9.17, 15) is 9.18 Å². The largest absolute Gasteiger partial charge is 0.497 e. The van der Waals surface area contributed by atoms with E-state index in [-0.39, 0.29) is 11.7 Å². The standard InChI is InChI=1S/C23H28FN3O3/c1-29-21-8-9-22(30-2)18(17-21)3-10-23(28)25-11-12-26-13-15-27(16-14-26)20-6-4-19(24)5-7-20/h3-10,17H,11-16H2,1-2H3,(H,25,28)/b10-3+. The molecule has 1 aliphatic rings. The van der Waals surface area contributed by atoms with Crippen LogP contribution in [0.5, 0.6) is 11.5 Å². The van der Waals surface area contributed by atoms with Crippen LogP contribution in [0.15, 0.2) is 48.5 Å². The highest BCUT2D eigenvalue weighted by molar-refractivity contribution is 5.92. The summed E-state index contributed by atoms with van der Waals surface area (Å²) in [5.74, 6) is 1.02. The van der Waals surface area contributed by atoms with E-state index >= 15 is 0 Å². The van der Waals surface area contributed by atoms with Crippen molar-refractivity contribution in [1.82, 2.24) is 10.2 Å². The lowest BCUT2D eigenvalue weighted by atomic mass is 10.1. The normalized spacial score (nSPS) is 14.7. The number of anilines is 1. The first kappa shape index (κ1) is 21.6. The molecule has 0 saturated carbocycles. The number of methoxy groups -OCH3 is 2. The molecule has 1 N–H and O–H groups in total. The van der Waals surface area contributed by atoms with Gasteiger partial charge in [0, 0.05) is 56.6 Å². The second-order valence-electron chi connectivity index (χ2n) is 7.04. The topological polar surface area (TPSA) is 54.0 Å². The van der Waals surface area contributed by atoms with Crippen LogP contribution in [0.1, 0.15) is 5.56 Å². The Morgan fingerprint density at radius 2 is 1.80 bits per heavy atom. The Morgan fingerprint density at radius 3 is 2.47 bits per heavy atom. The zero-order valence-corrected chi connectivity index (χ0v) is 17.4. The van der Waals surface area contributed by atoms with Crippen molar-refractivity contribution < 1.29 is 18.7 Å². The van der Waals surface area contributed by atoms with Gasteiger partial charge in [-0.2, -0.15) is 0 Å². The number of carbonyl (C=O) groups excluding carboxylic acids is 1. The van der Waals surface area contributed by atoms with Crippen LogP contribution in [0.25, 0.3) is 6.08 Å². The van der Waals surface area contributed by atoms with Crippen LogP contribution in [0, 0.1) is 5.82 Å². The fourth-order valence-electron chi connectivity index (χ4n) is 3.41. The smallest absolute Gasteiger partial charge is 0.244 e. The zero-order chi connectivity index (χ0) is 21.3. The summed E-state index contributed by atoms with van der Waals surface area (Å²) in [6.07, 6.45) is 3.22. The number of amides is 1. The number of halogens is 1. The number of benzene rings is 2. The predicted octanol–water partition coefficient (Wildman–Crippen LogP) is 2.79. The van der Waals surface area contributed by atoms with Crippen molar-refractivity contribution in [3.63, 3.8) is 0 Å². The van der Waals surface area contributed by atoms with E-state index in [1.807, 2.05) is 30.3 Å². The monoisotopic (exact) mass is 413 g/mol. The van der Waals surface area contributed by atoms with E-state index in [1.54, 1.807) is 20.3 Å². The van der Waals surface area contributed by atoms with Crippen molar-refractivity contribution >= 4 is 17.7 Å². The summed E-state index contributed by atoms with van der Waals surface area (Å²) in [5, 5.41) is 2.92. The summed E-state index contributed by atoms with van der Waals surface area (Å²) in [5.41, 5.74) is 1.83. The van der Waals surface area contributed by atoms with Crippen LogP contribution in [0.3, 0.4) is 0 Å². The van der Waals surface area contributed by atoms with Crippen molar-refractivity contribution in [2.75, 3.05) is 58.4 Å². The molecule has 0 unspecified atom stereocenters. The van der Waals surface area contributed by atoms with Crippen LogP contribution in [-0.4, -0.2) is 64.3 Å². The number of hydrogen-bond acceptors (Lipinski definition) is 5. The number of ether oxygens (including phenoxy) is 2. The average molecular weight is 413 g/mol. The molecule has 1 saturated heterocycles. The minimum absolute atomic E-state index is 0.148. The highest BCUT2D eigenvalue weighted by atomic mass is 19.1. The first-order valence-corrected chi connectivity index (χ1v) is 10.00. The third-order valence-corrected chi connectivity index (χ3v) is 5.14. The van der Waals surface area contributed by atoms with Crippen LogP contribution in [-0.2, 0) is 4.79 Å². The van der Waals surface area contributed by atoms with Gasteiger partial charge in [0.05, 0.1) is 14.2 Å². The molecule has 0 spiro atoms. The highest BCUT2D eigenvalue weighted by Crippen LogP contribution is 2.25. The highest BCUT2D eigenvalue weighted by Gasteiger charge is 2.17. The van der Waals surface area contributed by atoms with Gasteiger partial charge < -0.3 is 19.7 Å². The summed E-state index contributed by atoms with van der Waals surface area (Å²) in [6.45, 7) is 4.95. The number of rotatable bonds is 8. The van der Waals surface area contributed by atoms with Crippen LogP contribution in [0.2, 0.25) is 0 Å². The van der Waals surface area contributed by atoms with Crippen molar-refractivity contribution in [1.29, 1.82) is 0 Å². The van der Waals surface area contributed by atoms with E-state index in [0.29, 0.717) is 18.0 Å². The third-order valence-electron chi connectivity index (χ3n) is 5.14. The van der Waals surface area contributed by atoms with Crippen LogP contribution >= 0.6 is 0 Å². The zero-order valence-electron chi connectivity index (χ0n) is 17.4. The lowest BCUT2D eigenvalue weighted by Gasteiger charge is -2.36. The van der Waals surface area contributed by atoms with Crippen LogP contribution < -0.4 is 19.7 Å². The first-order chi connectivity index (χ1) is 14.6. The molecule has 7 heteroatoms. The van der Waals surface area contributed by atoms with Crippen molar-refractivity contribution in [2.24, 2.45) is 0 Å². The lowest BCUT2D eigenvalue weighted by Crippen LogP contribution is -2.48. The van der Waals surface area contributed by atoms with E-state index in [4.69, 9.17) is 9.47 Å². The predicted molar refractivity (Wildman–Crippen MR) is 117 cm³/mol. The van der Waals surface area contributed by atoms with Gasteiger partial charge in [-0.1, -0.05) is 0 Å². The maximum absolute atomic E-state index is 13.1. The second kappa shape index (κ2) is 10.6. The van der Waals surface area contributed by atoms with E-state index in [2.05, 4.69) is 15.1 Å². The Bertz CT molecular complexity index is 862. The minimum Gasteiger partial charge on any atom is -0.497 e. The Balaban J connectivity index is 1.41. The molecule has 1 heterocycles. The Hall–Kier alpha value is -3.06. The molecule has 2 aromatic carbocycles. The van der Waals surface area contributed by atoms with Gasteiger partial charge in [-0.25, -0.2) is 4.39 Å². The van der Waals surface area contributed by atoms with E-state index in [1.165, 1.54) is 18.2 Å². The molecule has 0 radical (unpaired) electrons. The second-order valence-corrected chi connectivity index (χ2v) is 7.04. The number of piperazine rings is 1. The van der Waals surface area contributed by atoms with Gasteiger partial charge in [0.15, 0.2) is 0 Å². The molecule has 6 nitrogen and oxygen atoms in total. The maximum atomic E-state index is 13.1. The number of hydrogen-bond donors (Lipinski definition) is 1. The van der Waals surface area contributed by atoms with Gasteiger partial charge >= 0.3 is 0 Å². The number of carbonyl (C=O) groups is 1. The molecule has 1 aliphatic heterocycles. The molecule has 1 fully saturated rings. The Morgan fingerprint density at radius 1 is 1.07 bits per heavy atom. The summed E-state index contributed by atoms with van der Waals surface area (Å²) < 4.78 is 23.6. The maximum Gasteiger partial charge on any atom is 0.244 e. The summed E-state index contributed by atoms with van der Waals surface area (Å²) in [7, 11) is 3.19. The summed E-state index contributed by atoms with van der Waals surface area (Å²) >= 11 is 0. The molecule has 0 aliphatic carbocycles. The van der Waals surface area contributed by atoms with E-state index in [0.717, 1.165) is 44.0 Å². The molecule has 30 heavy (non-hydrogen) atoms. The first-order valence-electron chi connectivity index (χ1n) is 10.00. The van der Waals surface area contributed by atoms with Gasteiger partial charge in [-0.3, -0.25) is 9.69 Å². The molecule has 0 atom stereocenters. The fraction of sp³-hybridized carbons (Fsp3) is 0.348. The SMILES string of the molecule is COc1ccc(OC)c(/C=C/C(=O)NCCN2CCN(c3ccc(F)cc3)CC2)c1. The van der Waals surface area contributed by atoms with Gasteiger partial charge in [-0.05, 0) is 48.5 Å². The van der Waals surface area contributed by atoms with Crippen molar-refractivity contribution in [3.8, 4) is 11.5 Å². The minimum atomic E-state index is -0.216. The molecule has 1 amide bonds. The number of nitrogens with zero attached hydrogens (tertiary/aromatic N) is 2.